The number of β-amino-alcohol motifs (C(OH)–C–C–N with tert-alkyl or cyclic N) is 1. The van der Waals surface area contributed by atoms with Gasteiger partial charge < -0.3 is 19.6 Å². The first-order chi connectivity index (χ1) is 11.1. The average Bonchev–Trinajstić information content (AvgIpc) is 2.99. The van der Waals surface area contributed by atoms with E-state index in [2.05, 4.69) is 0 Å². The highest BCUT2D eigenvalue weighted by molar-refractivity contribution is 5.95. The summed E-state index contributed by atoms with van der Waals surface area (Å²) >= 11 is 0. The Kier molecular flexibility index (Phi) is 4.81. The molecular formula is C17H22N2O4. The number of benzene rings is 1. The third-order valence-corrected chi connectivity index (χ3v) is 4.31. The Bertz CT molecular complexity index is 590. The van der Waals surface area contributed by atoms with Crippen LogP contribution in [0.4, 0.5) is 5.69 Å². The van der Waals surface area contributed by atoms with E-state index in [1.54, 1.807) is 21.9 Å². The molecule has 2 heterocycles. The zero-order valence-corrected chi connectivity index (χ0v) is 13.1. The van der Waals surface area contributed by atoms with Crippen molar-refractivity contribution in [3.05, 3.63) is 24.3 Å². The Morgan fingerprint density at radius 2 is 2.17 bits per heavy atom. The SMILES string of the molecule is O=C(COc1cccc(N2CCCC2=O)c1)N1CCCC(O)C1. The topological polar surface area (TPSA) is 70.1 Å². The van der Waals surface area contributed by atoms with Crippen molar-refractivity contribution in [1.82, 2.24) is 4.90 Å². The molecule has 0 spiro atoms. The van der Waals surface area contributed by atoms with E-state index in [1.165, 1.54) is 0 Å². The number of aliphatic hydroxyl groups excluding tert-OH is 1. The molecule has 1 N–H and O–H groups in total. The molecule has 0 saturated carbocycles. The molecule has 2 amide bonds. The van der Waals surface area contributed by atoms with E-state index in [0.717, 1.165) is 31.5 Å². The second-order valence-corrected chi connectivity index (χ2v) is 6.07. The summed E-state index contributed by atoms with van der Waals surface area (Å²) in [5, 5.41) is 9.62. The first-order valence-corrected chi connectivity index (χ1v) is 8.12. The molecule has 124 valence electrons. The fourth-order valence-electron chi connectivity index (χ4n) is 3.08. The summed E-state index contributed by atoms with van der Waals surface area (Å²) in [5.41, 5.74) is 0.811. The Hall–Kier alpha value is -2.08. The molecule has 2 saturated heterocycles. The average molecular weight is 318 g/mol. The molecule has 0 bridgehead atoms. The predicted molar refractivity (Wildman–Crippen MR) is 85.3 cm³/mol. The summed E-state index contributed by atoms with van der Waals surface area (Å²) in [4.78, 5) is 27.3. The fourth-order valence-corrected chi connectivity index (χ4v) is 3.08. The molecule has 1 unspecified atom stereocenters. The maximum absolute atomic E-state index is 12.1. The number of rotatable bonds is 4. The molecular weight excluding hydrogens is 296 g/mol. The molecule has 2 aliphatic heterocycles. The summed E-state index contributed by atoms with van der Waals surface area (Å²) in [6.07, 6.45) is 2.59. The van der Waals surface area contributed by atoms with E-state index >= 15 is 0 Å². The Balaban J connectivity index is 1.58. The molecule has 6 nitrogen and oxygen atoms in total. The number of likely N-dealkylation sites (tertiary alicyclic amines) is 1. The van der Waals surface area contributed by atoms with Gasteiger partial charge in [-0.1, -0.05) is 6.07 Å². The third kappa shape index (κ3) is 3.82. The minimum atomic E-state index is -0.433. The van der Waals surface area contributed by atoms with Gasteiger partial charge in [-0.05, 0) is 31.4 Å². The summed E-state index contributed by atoms with van der Waals surface area (Å²) in [5.74, 6) is 0.583. The van der Waals surface area contributed by atoms with E-state index in [-0.39, 0.29) is 18.4 Å². The van der Waals surface area contributed by atoms with Gasteiger partial charge in [-0.2, -0.15) is 0 Å². The zero-order chi connectivity index (χ0) is 16.2. The molecule has 0 aromatic heterocycles. The molecule has 2 fully saturated rings. The van der Waals surface area contributed by atoms with E-state index in [1.807, 2.05) is 12.1 Å². The molecule has 0 radical (unpaired) electrons. The van der Waals surface area contributed by atoms with Crippen molar-refractivity contribution in [2.75, 3.05) is 31.1 Å². The highest BCUT2D eigenvalue weighted by atomic mass is 16.5. The number of anilines is 1. The number of carbonyl (C=O) groups excluding carboxylic acids is 2. The van der Waals surface area contributed by atoms with Crippen molar-refractivity contribution in [1.29, 1.82) is 0 Å². The highest BCUT2D eigenvalue weighted by Gasteiger charge is 2.23. The van der Waals surface area contributed by atoms with Gasteiger partial charge in [0, 0.05) is 37.8 Å². The van der Waals surface area contributed by atoms with Crippen LogP contribution in [0.2, 0.25) is 0 Å². The van der Waals surface area contributed by atoms with E-state index in [0.29, 0.717) is 25.3 Å². The third-order valence-electron chi connectivity index (χ3n) is 4.31. The molecule has 23 heavy (non-hydrogen) atoms. The number of amides is 2. The van der Waals surface area contributed by atoms with Gasteiger partial charge in [0.25, 0.3) is 5.91 Å². The van der Waals surface area contributed by atoms with Crippen LogP contribution < -0.4 is 9.64 Å². The van der Waals surface area contributed by atoms with E-state index in [4.69, 9.17) is 4.74 Å². The highest BCUT2D eigenvalue weighted by Crippen LogP contribution is 2.25. The molecule has 1 aromatic rings. The lowest BCUT2D eigenvalue weighted by Gasteiger charge is -2.30. The number of aliphatic hydroxyl groups is 1. The summed E-state index contributed by atoms with van der Waals surface area (Å²) in [7, 11) is 0. The van der Waals surface area contributed by atoms with Crippen LogP contribution in [0.25, 0.3) is 0 Å². The van der Waals surface area contributed by atoms with Gasteiger partial charge in [-0.25, -0.2) is 0 Å². The maximum atomic E-state index is 12.1. The van der Waals surface area contributed by atoms with Crippen LogP contribution >= 0.6 is 0 Å². The van der Waals surface area contributed by atoms with Gasteiger partial charge >= 0.3 is 0 Å². The molecule has 2 aliphatic rings. The lowest BCUT2D eigenvalue weighted by Crippen LogP contribution is -2.44. The largest absolute Gasteiger partial charge is 0.484 e. The molecule has 1 aromatic carbocycles. The summed E-state index contributed by atoms with van der Waals surface area (Å²) in [6, 6.07) is 7.27. The molecule has 6 heteroatoms. The minimum Gasteiger partial charge on any atom is -0.484 e. The van der Waals surface area contributed by atoms with Crippen molar-refractivity contribution < 1.29 is 19.4 Å². The minimum absolute atomic E-state index is 0.0515. The van der Waals surface area contributed by atoms with Crippen LogP contribution in [-0.4, -0.2) is 54.2 Å². The van der Waals surface area contributed by atoms with Crippen LogP contribution in [0.3, 0.4) is 0 Å². The first kappa shape index (κ1) is 15.8. The first-order valence-electron chi connectivity index (χ1n) is 8.12. The number of hydrogen-bond acceptors (Lipinski definition) is 4. The van der Waals surface area contributed by atoms with Gasteiger partial charge in [0.2, 0.25) is 5.91 Å². The number of nitrogens with zero attached hydrogens (tertiary/aromatic N) is 2. The van der Waals surface area contributed by atoms with Gasteiger partial charge in [0.1, 0.15) is 5.75 Å². The second kappa shape index (κ2) is 7.00. The van der Waals surface area contributed by atoms with Crippen molar-refractivity contribution in [2.24, 2.45) is 0 Å². The second-order valence-electron chi connectivity index (χ2n) is 6.07. The number of carbonyl (C=O) groups is 2. The lowest BCUT2D eigenvalue weighted by atomic mass is 10.1. The quantitative estimate of drug-likeness (QED) is 0.905. The van der Waals surface area contributed by atoms with Crippen molar-refractivity contribution in [2.45, 2.75) is 31.8 Å². The lowest BCUT2D eigenvalue weighted by molar-refractivity contribution is -0.136. The summed E-state index contributed by atoms with van der Waals surface area (Å²) in [6.45, 7) is 1.73. The van der Waals surface area contributed by atoms with E-state index in [9.17, 15) is 14.7 Å². The number of ether oxygens (including phenoxy) is 1. The van der Waals surface area contributed by atoms with Crippen molar-refractivity contribution in [3.8, 4) is 5.75 Å². The van der Waals surface area contributed by atoms with Crippen LogP contribution in [0.5, 0.6) is 5.75 Å². The van der Waals surface area contributed by atoms with E-state index < -0.39 is 6.10 Å². The number of piperidine rings is 1. The Morgan fingerprint density at radius 1 is 1.30 bits per heavy atom. The smallest absolute Gasteiger partial charge is 0.260 e. The normalized spacial score (nSPS) is 21.6. The molecule has 1 atom stereocenters. The fraction of sp³-hybridized carbons (Fsp3) is 0.529. The Morgan fingerprint density at radius 3 is 2.91 bits per heavy atom. The van der Waals surface area contributed by atoms with Crippen LogP contribution in [0.1, 0.15) is 25.7 Å². The molecule has 3 rings (SSSR count). The van der Waals surface area contributed by atoms with Crippen LogP contribution in [0.15, 0.2) is 24.3 Å². The maximum Gasteiger partial charge on any atom is 0.260 e. The van der Waals surface area contributed by atoms with Gasteiger partial charge in [0.05, 0.1) is 6.10 Å². The number of hydrogen-bond donors (Lipinski definition) is 1. The predicted octanol–water partition coefficient (Wildman–Crippen LogP) is 1.18. The van der Waals surface area contributed by atoms with Crippen LogP contribution in [0, 0.1) is 0 Å². The van der Waals surface area contributed by atoms with Crippen molar-refractivity contribution in [3.63, 3.8) is 0 Å². The van der Waals surface area contributed by atoms with Gasteiger partial charge in [-0.15, -0.1) is 0 Å². The standard InChI is InChI=1S/C17H22N2O4/c20-14-5-2-8-18(11-14)17(22)12-23-15-6-1-4-13(10-15)19-9-3-7-16(19)21/h1,4,6,10,14,20H,2-3,5,7-9,11-12H2. The molecule has 0 aliphatic carbocycles. The van der Waals surface area contributed by atoms with Crippen LogP contribution in [-0.2, 0) is 9.59 Å². The van der Waals surface area contributed by atoms with Crippen molar-refractivity contribution >= 4 is 17.5 Å². The Labute approximate surface area is 135 Å². The monoisotopic (exact) mass is 318 g/mol. The van der Waals surface area contributed by atoms with Gasteiger partial charge in [0.15, 0.2) is 6.61 Å². The zero-order valence-electron chi connectivity index (χ0n) is 13.1. The summed E-state index contributed by atoms with van der Waals surface area (Å²) < 4.78 is 5.58. The van der Waals surface area contributed by atoms with Gasteiger partial charge in [-0.3, -0.25) is 9.59 Å².